The first-order valence-electron chi connectivity index (χ1n) is 6.09. The summed E-state index contributed by atoms with van der Waals surface area (Å²) < 4.78 is 43.0. The number of hydrogen-bond donors (Lipinski definition) is 0. The number of rotatable bonds is 3. The quantitative estimate of drug-likeness (QED) is 0.815. The SMILES string of the molecule is CCOC(=O)c1nc(C(F)(F)F)ccc1-c1ccncc1. The molecule has 21 heavy (non-hydrogen) atoms. The van der Waals surface area contributed by atoms with Gasteiger partial charge in [0.2, 0.25) is 0 Å². The average molecular weight is 296 g/mol. The van der Waals surface area contributed by atoms with Crippen LogP contribution in [-0.4, -0.2) is 22.5 Å². The van der Waals surface area contributed by atoms with Crippen LogP contribution in [0.3, 0.4) is 0 Å². The highest BCUT2D eigenvalue weighted by Crippen LogP contribution is 2.31. The van der Waals surface area contributed by atoms with Crippen molar-refractivity contribution in [2.45, 2.75) is 13.1 Å². The number of carbonyl (C=O) groups excluding carboxylic acids is 1. The third kappa shape index (κ3) is 3.36. The molecule has 7 heteroatoms. The number of aromatic nitrogens is 2. The zero-order chi connectivity index (χ0) is 15.5. The summed E-state index contributed by atoms with van der Waals surface area (Å²) in [5, 5.41) is 0. The minimum Gasteiger partial charge on any atom is -0.461 e. The van der Waals surface area contributed by atoms with Gasteiger partial charge in [-0.2, -0.15) is 13.2 Å². The maximum Gasteiger partial charge on any atom is 0.433 e. The normalized spacial score (nSPS) is 11.2. The lowest BCUT2D eigenvalue weighted by molar-refractivity contribution is -0.141. The highest BCUT2D eigenvalue weighted by Gasteiger charge is 2.34. The molecule has 110 valence electrons. The molecule has 2 aromatic heterocycles. The number of ether oxygens (including phenoxy) is 1. The summed E-state index contributed by atoms with van der Waals surface area (Å²) in [5.41, 5.74) is -0.695. The lowest BCUT2D eigenvalue weighted by Crippen LogP contribution is -2.15. The summed E-state index contributed by atoms with van der Waals surface area (Å²) in [6, 6.07) is 5.19. The fraction of sp³-hybridized carbons (Fsp3) is 0.214. The number of carbonyl (C=O) groups is 1. The number of halogens is 3. The van der Waals surface area contributed by atoms with E-state index in [-0.39, 0.29) is 17.9 Å². The van der Waals surface area contributed by atoms with Crippen LogP contribution in [0.4, 0.5) is 13.2 Å². The Labute approximate surface area is 118 Å². The summed E-state index contributed by atoms with van der Waals surface area (Å²) in [7, 11) is 0. The molecule has 0 saturated carbocycles. The van der Waals surface area contributed by atoms with Gasteiger partial charge in [0.05, 0.1) is 6.61 Å². The first kappa shape index (κ1) is 15.0. The maximum atomic E-state index is 12.7. The van der Waals surface area contributed by atoms with Gasteiger partial charge in [0.1, 0.15) is 5.69 Å². The molecule has 0 fully saturated rings. The van der Waals surface area contributed by atoms with Crippen LogP contribution in [0.15, 0.2) is 36.7 Å². The molecular weight excluding hydrogens is 285 g/mol. The van der Waals surface area contributed by atoms with Gasteiger partial charge in [0, 0.05) is 18.0 Å². The van der Waals surface area contributed by atoms with Gasteiger partial charge in [-0.1, -0.05) is 0 Å². The second-order valence-corrected chi connectivity index (χ2v) is 4.05. The average Bonchev–Trinajstić information content (AvgIpc) is 2.47. The zero-order valence-electron chi connectivity index (χ0n) is 11.0. The van der Waals surface area contributed by atoms with Crippen molar-refractivity contribution in [3.63, 3.8) is 0 Å². The number of pyridine rings is 2. The van der Waals surface area contributed by atoms with Gasteiger partial charge in [0.25, 0.3) is 0 Å². The van der Waals surface area contributed by atoms with Crippen LogP contribution < -0.4 is 0 Å². The van der Waals surface area contributed by atoms with Crippen molar-refractivity contribution in [3.8, 4) is 11.1 Å². The Morgan fingerprint density at radius 1 is 1.19 bits per heavy atom. The van der Waals surface area contributed by atoms with Crippen LogP contribution in [0.2, 0.25) is 0 Å². The standard InChI is InChI=1S/C14H11F3N2O2/c1-2-21-13(20)12-10(9-5-7-18-8-6-9)3-4-11(19-12)14(15,16)17/h3-8H,2H2,1H3. The Kier molecular flexibility index (Phi) is 4.21. The summed E-state index contributed by atoms with van der Waals surface area (Å²) in [6.07, 6.45) is -1.68. The molecule has 0 aliphatic carbocycles. The van der Waals surface area contributed by atoms with E-state index in [1.807, 2.05) is 0 Å². The van der Waals surface area contributed by atoms with Gasteiger partial charge < -0.3 is 4.74 Å². The van der Waals surface area contributed by atoms with Gasteiger partial charge in [-0.3, -0.25) is 4.98 Å². The summed E-state index contributed by atoms with van der Waals surface area (Å²) in [5.74, 6) is -0.893. The molecule has 0 aliphatic heterocycles. The van der Waals surface area contributed by atoms with Crippen molar-refractivity contribution < 1.29 is 22.7 Å². The molecule has 0 unspecified atom stereocenters. The first-order valence-corrected chi connectivity index (χ1v) is 6.09. The molecular formula is C14H11F3N2O2. The Hall–Kier alpha value is -2.44. The van der Waals surface area contributed by atoms with E-state index in [9.17, 15) is 18.0 Å². The number of esters is 1. The van der Waals surface area contributed by atoms with E-state index in [1.165, 1.54) is 18.5 Å². The van der Waals surface area contributed by atoms with Crippen molar-refractivity contribution in [2.75, 3.05) is 6.61 Å². The highest BCUT2D eigenvalue weighted by molar-refractivity contribution is 5.95. The zero-order valence-corrected chi connectivity index (χ0v) is 11.0. The van der Waals surface area contributed by atoms with Gasteiger partial charge in [-0.25, -0.2) is 9.78 Å². The van der Waals surface area contributed by atoms with E-state index in [4.69, 9.17) is 4.74 Å². The molecule has 2 aromatic rings. The van der Waals surface area contributed by atoms with E-state index in [2.05, 4.69) is 9.97 Å². The van der Waals surface area contributed by atoms with Crippen LogP contribution in [0.1, 0.15) is 23.1 Å². The van der Waals surface area contributed by atoms with E-state index >= 15 is 0 Å². The number of alkyl halides is 3. The van der Waals surface area contributed by atoms with Gasteiger partial charge in [-0.15, -0.1) is 0 Å². The van der Waals surface area contributed by atoms with Crippen molar-refractivity contribution in [1.82, 2.24) is 9.97 Å². The Balaban J connectivity index is 2.57. The lowest BCUT2D eigenvalue weighted by Gasteiger charge is -2.12. The molecule has 0 N–H and O–H groups in total. The Morgan fingerprint density at radius 2 is 1.86 bits per heavy atom. The van der Waals surface area contributed by atoms with E-state index < -0.39 is 17.8 Å². The van der Waals surface area contributed by atoms with Crippen molar-refractivity contribution in [2.24, 2.45) is 0 Å². The molecule has 0 bridgehead atoms. The molecule has 0 radical (unpaired) electrons. The molecule has 0 aromatic carbocycles. The van der Waals surface area contributed by atoms with Crippen LogP contribution in [0.5, 0.6) is 0 Å². The van der Waals surface area contributed by atoms with Crippen LogP contribution in [0, 0.1) is 0 Å². The second-order valence-electron chi connectivity index (χ2n) is 4.05. The number of nitrogens with zero attached hydrogens (tertiary/aromatic N) is 2. The third-order valence-electron chi connectivity index (χ3n) is 2.65. The number of hydrogen-bond acceptors (Lipinski definition) is 4. The van der Waals surface area contributed by atoms with E-state index in [0.717, 1.165) is 6.07 Å². The lowest BCUT2D eigenvalue weighted by atomic mass is 10.0. The molecule has 0 spiro atoms. The summed E-state index contributed by atoms with van der Waals surface area (Å²) in [4.78, 5) is 19.1. The summed E-state index contributed by atoms with van der Waals surface area (Å²) >= 11 is 0. The fourth-order valence-corrected chi connectivity index (χ4v) is 1.74. The topological polar surface area (TPSA) is 52.1 Å². The highest BCUT2D eigenvalue weighted by atomic mass is 19.4. The summed E-state index contributed by atoms with van der Waals surface area (Å²) in [6.45, 7) is 1.62. The predicted octanol–water partition coefficient (Wildman–Crippen LogP) is 3.34. The molecule has 0 saturated heterocycles. The Bertz CT molecular complexity index is 642. The molecule has 2 heterocycles. The molecule has 0 amide bonds. The monoisotopic (exact) mass is 296 g/mol. The Morgan fingerprint density at radius 3 is 2.43 bits per heavy atom. The van der Waals surface area contributed by atoms with Gasteiger partial charge in [0.15, 0.2) is 5.69 Å². The van der Waals surface area contributed by atoms with Gasteiger partial charge in [-0.05, 0) is 36.8 Å². The minimum atomic E-state index is -4.63. The van der Waals surface area contributed by atoms with Crippen molar-refractivity contribution in [1.29, 1.82) is 0 Å². The molecule has 2 rings (SSSR count). The van der Waals surface area contributed by atoms with Crippen molar-refractivity contribution in [3.05, 3.63) is 48.0 Å². The largest absolute Gasteiger partial charge is 0.461 e. The third-order valence-corrected chi connectivity index (χ3v) is 2.65. The molecule has 0 aliphatic rings. The minimum absolute atomic E-state index is 0.0482. The molecule has 4 nitrogen and oxygen atoms in total. The van der Waals surface area contributed by atoms with E-state index in [1.54, 1.807) is 19.1 Å². The predicted molar refractivity (Wildman–Crippen MR) is 68.4 cm³/mol. The van der Waals surface area contributed by atoms with Gasteiger partial charge >= 0.3 is 12.1 Å². The maximum absolute atomic E-state index is 12.7. The first-order chi connectivity index (χ1) is 9.93. The second kappa shape index (κ2) is 5.90. The van der Waals surface area contributed by atoms with Crippen LogP contribution in [-0.2, 0) is 10.9 Å². The van der Waals surface area contributed by atoms with E-state index in [0.29, 0.717) is 5.56 Å². The van der Waals surface area contributed by atoms with Crippen LogP contribution >= 0.6 is 0 Å². The smallest absolute Gasteiger partial charge is 0.433 e. The van der Waals surface area contributed by atoms with Crippen molar-refractivity contribution >= 4 is 5.97 Å². The molecule has 0 atom stereocenters. The fourth-order valence-electron chi connectivity index (χ4n) is 1.74. The van der Waals surface area contributed by atoms with Crippen LogP contribution in [0.25, 0.3) is 11.1 Å².